The molecule has 0 aliphatic rings. The SMILES string of the molecule is c1ccc(-c2ccc(-c3ccccc3)c(-c3nc(-c4ccc(-c5cccc6ccccc56)cc4)nc(-c4ccc(-c5cccc6ccccc56)cc4)n3)c2)cc1. The molecule has 0 N–H and O–H groups in total. The molecular formula is C53H35N3. The van der Waals surface area contributed by atoms with E-state index in [1.165, 1.54) is 32.7 Å². The van der Waals surface area contributed by atoms with Crippen LogP contribution in [0.4, 0.5) is 0 Å². The van der Waals surface area contributed by atoms with Gasteiger partial charge in [-0.3, -0.25) is 0 Å². The van der Waals surface area contributed by atoms with E-state index in [4.69, 9.17) is 15.0 Å². The molecule has 1 heterocycles. The van der Waals surface area contributed by atoms with Gasteiger partial charge in [0.05, 0.1) is 0 Å². The molecule has 0 aliphatic heterocycles. The van der Waals surface area contributed by atoms with Crippen LogP contribution in [0.15, 0.2) is 212 Å². The van der Waals surface area contributed by atoms with E-state index in [2.05, 4.69) is 200 Å². The molecule has 0 radical (unpaired) electrons. The maximum absolute atomic E-state index is 5.25. The molecule has 9 aromatic carbocycles. The Morgan fingerprint density at radius 3 is 1.14 bits per heavy atom. The maximum atomic E-state index is 5.25. The lowest BCUT2D eigenvalue weighted by Gasteiger charge is -2.14. The normalized spacial score (nSPS) is 11.2. The number of nitrogens with zero attached hydrogens (tertiary/aromatic N) is 3. The van der Waals surface area contributed by atoms with Gasteiger partial charge in [-0.05, 0) is 72.1 Å². The Balaban J connectivity index is 1.13. The Morgan fingerprint density at radius 1 is 0.214 bits per heavy atom. The Morgan fingerprint density at radius 2 is 0.607 bits per heavy atom. The fourth-order valence-corrected chi connectivity index (χ4v) is 7.72. The minimum atomic E-state index is 0.622. The number of hydrogen-bond acceptors (Lipinski definition) is 3. The molecule has 0 fully saturated rings. The van der Waals surface area contributed by atoms with Gasteiger partial charge in [-0.15, -0.1) is 0 Å². The van der Waals surface area contributed by atoms with Crippen LogP contribution in [0.1, 0.15) is 0 Å². The third-order valence-electron chi connectivity index (χ3n) is 10.6. The van der Waals surface area contributed by atoms with Crippen LogP contribution in [0.2, 0.25) is 0 Å². The second kappa shape index (κ2) is 14.4. The van der Waals surface area contributed by atoms with Gasteiger partial charge in [-0.25, -0.2) is 15.0 Å². The summed E-state index contributed by atoms with van der Waals surface area (Å²) in [6, 6.07) is 74.7. The van der Waals surface area contributed by atoms with Gasteiger partial charge in [0, 0.05) is 16.7 Å². The zero-order valence-electron chi connectivity index (χ0n) is 30.5. The summed E-state index contributed by atoms with van der Waals surface area (Å²) in [5.74, 6) is 1.87. The minimum absolute atomic E-state index is 0.622. The Labute approximate surface area is 326 Å². The van der Waals surface area contributed by atoms with E-state index in [1.807, 2.05) is 12.1 Å². The van der Waals surface area contributed by atoms with Gasteiger partial charge in [0.1, 0.15) is 0 Å². The monoisotopic (exact) mass is 713 g/mol. The Bertz CT molecular complexity index is 2840. The molecule has 56 heavy (non-hydrogen) atoms. The van der Waals surface area contributed by atoms with Gasteiger partial charge in [0.15, 0.2) is 17.5 Å². The van der Waals surface area contributed by atoms with Crippen molar-refractivity contribution in [2.24, 2.45) is 0 Å². The third-order valence-corrected chi connectivity index (χ3v) is 10.6. The van der Waals surface area contributed by atoms with Gasteiger partial charge in [0.25, 0.3) is 0 Å². The summed E-state index contributed by atoms with van der Waals surface area (Å²) in [6.45, 7) is 0. The molecule has 262 valence electrons. The highest BCUT2D eigenvalue weighted by molar-refractivity contribution is 5.98. The highest BCUT2D eigenvalue weighted by Crippen LogP contribution is 2.37. The van der Waals surface area contributed by atoms with Crippen molar-refractivity contribution in [1.29, 1.82) is 0 Å². The van der Waals surface area contributed by atoms with E-state index in [-0.39, 0.29) is 0 Å². The first-order valence-electron chi connectivity index (χ1n) is 18.9. The predicted octanol–water partition coefficient (Wildman–Crippen LogP) is 13.8. The lowest BCUT2D eigenvalue weighted by atomic mass is 9.94. The van der Waals surface area contributed by atoms with E-state index in [0.29, 0.717) is 17.5 Å². The molecule has 1 aromatic heterocycles. The van der Waals surface area contributed by atoms with Crippen molar-refractivity contribution in [3.05, 3.63) is 212 Å². The lowest BCUT2D eigenvalue weighted by molar-refractivity contribution is 1.07. The van der Waals surface area contributed by atoms with Crippen LogP contribution in [-0.2, 0) is 0 Å². The first-order valence-corrected chi connectivity index (χ1v) is 18.9. The molecule has 0 saturated carbocycles. The summed E-state index contributed by atoms with van der Waals surface area (Å²) < 4.78 is 0. The first kappa shape index (κ1) is 33.1. The topological polar surface area (TPSA) is 38.7 Å². The van der Waals surface area contributed by atoms with Crippen molar-refractivity contribution in [3.63, 3.8) is 0 Å². The van der Waals surface area contributed by atoms with Crippen molar-refractivity contribution in [1.82, 2.24) is 15.0 Å². The van der Waals surface area contributed by atoms with Crippen LogP contribution >= 0.6 is 0 Å². The van der Waals surface area contributed by atoms with Crippen molar-refractivity contribution in [2.75, 3.05) is 0 Å². The van der Waals surface area contributed by atoms with Crippen molar-refractivity contribution < 1.29 is 0 Å². The maximum Gasteiger partial charge on any atom is 0.164 e. The van der Waals surface area contributed by atoms with Crippen LogP contribution in [-0.4, -0.2) is 15.0 Å². The molecule has 0 amide bonds. The van der Waals surface area contributed by atoms with Crippen LogP contribution in [0.5, 0.6) is 0 Å². The van der Waals surface area contributed by atoms with Crippen LogP contribution in [0.3, 0.4) is 0 Å². The Hall–Kier alpha value is -7.49. The predicted molar refractivity (Wildman–Crippen MR) is 233 cm³/mol. The fourth-order valence-electron chi connectivity index (χ4n) is 7.72. The second-order valence-electron chi connectivity index (χ2n) is 14.0. The highest BCUT2D eigenvalue weighted by atomic mass is 15.0. The summed E-state index contributed by atoms with van der Waals surface area (Å²) in [6.07, 6.45) is 0. The number of fused-ring (bicyclic) bond motifs is 2. The molecule has 0 bridgehead atoms. The van der Waals surface area contributed by atoms with Crippen molar-refractivity contribution >= 4 is 21.5 Å². The molecule has 0 saturated heterocycles. The van der Waals surface area contributed by atoms with Crippen LogP contribution in [0.25, 0.3) is 100 Å². The molecule has 0 aliphatic carbocycles. The fraction of sp³-hybridized carbons (Fsp3) is 0. The van der Waals surface area contributed by atoms with E-state index in [9.17, 15) is 0 Å². The summed E-state index contributed by atoms with van der Waals surface area (Å²) in [5, 5.41) is 4.90. The Kier molecular flexibility index (Phi) is 8.51. The van der Waals surface area contributed by atoms with Gasteiger partial charge >= 0.3 is 0 Å². The molecule has 3 nitrogen and oxygen atoms in total. The molecule has 3 heteroatoms. The average Bonchev–Trinajstić information content (AvgIpc) is 3.29. The minimum Gasteiger partial charge on any atom is -0.208 e. The van der Waals surface area contributed by atoms with Gasteiger partial charge in [0.2, 0.25) is 0 Å². The van der Waals surface area contributed by atoms with E-state index in [1.54, 1.807) is 0 Å². The molecule has 0 spiro atoms. The second-order valence-corrected chi connectivity index (χ2v) is 14.0. The largest absolute Gasteiger partial charge is 0.208 e. The van der Waals surface area contributed by atoms with Crippen LogP contribution < -0.4 is 0 Å². The van der Waals surface area contributed by atoms with E-state index in [0.717, 1.165) is 50.1 Å². The zero-order valence-corrected chi connectivity index (χ0v) is 30.5. The molecule has 10 rings (SSSR count). The smallest absolute Gasteiger partial charge is 0.164 e. The van der Waals surface area contributed by atoms with Crippen molar-refractivity contribution in [2.45, 2.75) is 0 Å². The summed E-state index contributed by atoms with van der Waals surface area (Å²) >= 11 is 0. The molecule has 10 aromatic rings. The van der Waals surface area contributed by atoms with Gasteiger partial charge in [-0.1, -0.05) is 206 Å². The highest BCUT2D eigenvalue weighted by Gasteiger charge is 2.18. The van der Waals surface area contributed by atoms with Crippen molar-refractivity contribution in [3.8, 4) is 78.7 Å². The summed E-state index contributed by atoms with van der Waals surface area (Å²) in [5.41, 5.74) is 11.9. The molecular weight excluding hydrogens is 679 g/mol. The average molecular weight is 714 g/mol. The van der Waals surface area contributed by atoms with Gasteiger partial charge in [-0.2, -0.15) is 0 Å². The molecule has 0 atom stereocenters. The molecule has 0 unspecified atom stereocenters. The third kappa shape index (κ3) is 6.31. The van der Waals surface area contributed by atoms with E-state index >= 15 is 0 Å². The number of aromatic nitrogens is 3. The number of rotatable bonds is 7. The zero-order chi connectivity index (χ0) is 37.3. The standard InChI is InChI=1S/C53H35N3/c1-3-13-36(14-4-1)44-33-34-49(37-15-5-2-6-16-37)50(35-44)53-55-51(42-29-25-40(26-30-42)47-23-11-19-38-17-7-9-21-45(38)47)54-52(56-53)43-31-27-41(28-32-43)48-24-12-20-39-18-8-10-22-46(39)48/h1-35H. The van der Waals surface area contributed by atoms with Gasteiger partial charge < -0.3 is 0 Å². The lowest BCUT2D eigenvalue weighted by Crippen LogP contribution is -2.01. The van der Waals surface area contributed by atoms with E-state index < -0.39 is 0 Å². The summed E-state index contributed by atoms with van der Waals surface area (Å²) in [4.78, 5) is 15.7. The number of hydrogen-bond donors (Lipinski definition) is 0. The number of benzene rings is 9. The van der Waals surface area contributed by atoms with Crippen LogP contribution in [0, 0.1) is 0 Å². The quantitative estimate of drug-likeness (QED) is 0.165. The summed E-state index contributed by atoms with van der Waals surface area (Å²) in [7, 11) is 0. The first-order chi connectivity index (χ1) is 27.7.